The molecule has 1 N–H and O–H groups in total. The number of H-pyrrole nitrogens is 1. The van der Waals surface area contributed by atoms with Gasteiger partial charge in [0.25, 0.3) is 0 Å². The molecule has 1 saturated heterocycles. The van der Waals surface area contributed by atoms with Gasteiger partial charge in [-0.2, -0.15) is 0 Å². The van der Waals surface area contributed by atoms with Gasteiger partial charge in [0.05, 0.1) is 18.2 Å². The van der Waals surface area contributed by atoms with E-state index >= 15 is 0 Å². The Morgan fingerprint density at radius 2 is 1.97 bits per heavy atom. The molecule has 0 spiro atoms. The van der Waals surface area contributed by atoms with E-state index in [0.29, 0.717) is 29.0 Å². The number of likely N-dealkylation sites (tertiary alicyclic amines) is 1. The molecule has 0 atom stereocenters. The van der Waals surface area contributed by atoms with Crippen LogP contribution < -0.4 is 4.74 Å². The van der Waals surface area contributed by atoms with Gasteiger partial charge in [0.2, 0.25) is 5.88 Å². The van der Waals surface area contributed by atoms with E-state index in [1.807, 2.05) is 20.8 Å². The summed E-state index contributed by atoms with van der Waals surface area (Å²) in [6.07, 6.45) is 1.17. The van der Waals surface area contributed by atoms with Crippen LogP contribution in [0.15, 0.2) is 16.6 Å². The second kappa shape index (κ2) is 7.14. The number of carbonyl (C=O) groups is 1. The van der Waals surface area contributed by atoms with Gasteiger partial charge in [-0.1, -0.05) is 6.92 Å². The lowest BCUT2D eigenvalue weighted by Crippen LogP contribution is -2.45. The lowest BCUT2D eigenvalue weighted by molar-refractivity contribution is 0.0171. The van der Waals surface area contributed by atoms with Crippen molar-refractivity contribution in [2.75, 3.05) is 20.2 Å². The number of hydrogen-bond acceptors (Lipinski definition) is 4. The molecular weight excluding hydrogens is 455 g/mol. The average Bonchev–Trinajstić information content (AvgIpc) is 3.15. The Labute approximate surface area is 182 Å². The van der Waals surface area contributed by atoms with Gasteiger partial charge in [-0.05, 0) is 61.7 Å². The highest BCUT2D eigenvalue weighted by Crippen LogP contribution is 2.43. The van der Waals surface area contributed by atoms with Gasteiger partial charge >= 0.3 is 6.09 Å². The number of benzene rings is 1. The van der Waals surface area contributed by atoms with Crippen molar-refractivity contribution in [3.63, 3.8) is 0 Å². The molecule has 0 radical (unpaired) electrons. The third-order valence-corrected chi connectivity index (χ3v) is 6.27. The second-order valence-electron chi connectivity index (χ2n) is 9.08. The summed E-state index contributed by atoms with van der Waals surface area (Å²) in [4.78, 5) is 17.5. The molecule has 3 aromatic rings. The summed E-state index contributed by atoms with van der Waals surface area (Å²) >= 11 is 3.44. The Morgan fingerprint density at radius 1 is 1.30 bits per heavy atom. The van der Waals surface area contributed by atoms with Crippen molar-refractivity contribution in [1.82, 2.24) is 19.5 Å². The van der Waals surface area contributed by atoms with Crippen LogP contribution in [0, 0.1) is 5.82 Å². The number of imidazole rings is 1. The lowest BCUT2D eigenvalue weighted by atomic mass is 9.75. The fourth-order valence-electron chi connectivity index (χ4n) is 4.13. The van der Waals surface area contributed by atoms with Gasteiger partial charge in [-0.25, -0.2) is 13.7 Å². The van der Waals surface area contributed by atoms with Gasteiger partial charge in [0.1, 0.15) is 22.6 Å². The third-order valence-electron chi connectivity index (χ3n) is 5.66. The number of fused-ring (bicyclic) bond motifs is 3. The van der Waals surface area contributed by atoms with Crippen LogP contribution in [0.5, 0.6) is 5.88 Å². The molecule has 1 aromatic carbocycles. The zero-order valence-corrected chi connectivity index (χ0v) is 19.4. The summed E-state index contributed by atoms with van der Waals surface area (Å²) in [7, 11) is 1.60. The Bertz CT molecular complexity index is 1120. The normalized spacial score (nSPS) is 17.0. The Kier molecular flexibility index (Phi) is 4.99. The molecule has 7 nitrogen and oxygen atoms in total. The summed E-state index contributed by atoms with van der Waals surface area (Å²) < 4.78 is 27.4. The molecule has 0 bridgehead atoms. The van der Waals surface area contributed by atoms with Crippen molar-refractivity contribution in [3.8, 4) is 5.88 Å². The minimum atomic E-state index is -0.521. The standard InChI is InChI=1S/C21H26BrFN4O3/c1-20(2,3)30-19(28)26-8-6-21(4,7-9-26)15-17-24-14-11-12(23)10-13(22)16(14)27(17)25-18(15)29-5/h10-11,24H,6-9H2,1-5H3. The zero-order valence-electron chi connectivity index (χ0n) is 17.8. The van der Waals surface area contributed by atoms with Crippen LogP contribution in [0.25, 0.3) is 16.7 Å². The quantitative estimate of drug-likeness (QED) is 0.559. The van der Waals surface area contributed by atoms with Crippen LogP contribution in [0.4, 0.5) is 9.18 Å². The van der Waals surface area contributed by atoms with E-state index in [2.05, 4.69) is 32.9 Å². The van der Waals surface area contributed by atoms with Crippen LogP contribution in [0.3, 0.4) is 0 Å². The monoisotopic (exact) mass is 480 g/mol. The zero-order chi connectivity index (χ0) is 21.8. The Morgan fingerprint density at radius 3 is 2.57 bits per heavy atom. The predicted molar refractivity (Wildman–Crippen MR) is 116 cm³/mol. The highest BCUT2D eigenvalue weighted by Gasteiger charge is 2.40. The van der Waals surface area contributed by atoms with Crippen LogP contribution in [-0.2, 0) is 10.2 Å². The topological polar surface area (TPSA) is 71.9 Å². The van der Waals surface area contributed by atoms with Crippen molar-refractivity contribution in [1.29, 1.82) is 0 Å². The molecule has 1 aliphatic rings. The first-order valence-electron chi connectivity index (χ1n) is 9.94. The number of ether oxygens (including phenoxy) is 2. The van der Waals surface area contributed by atoms with Gasteiger partial charge in [-0.15, -0.1) is 5.10 Å². The largest absolute Gasteiger partial charge is 0.480 e. The molecule has 1 fully saturated rings. The first-order valence-corrected chi connectivity index (χ1v) is 10.7. The lowest BCUT2D eigenvalue weighted by Gasteiger charge is -2.39. The van der Waals surface area contributed by atoms with Crippen molar-refractivity contribution >= 4 is 38.7 Å². The fraction of sp³-hybridized carbons (Fsp3) is 0.524. The highest BCUT2D eigenvalue weighted by atomic mass is 79.9. The smallest absolute Gasteiger partial charge is 0.410 e. The molecule has 3 heterocycles. The van der Waals surface area contributed by atoms with Crippen molar-refractivity contribution in [3.05, 3.63) is 28.0 Å². The highest BCUT2D eigenvalue weighted by molar-refractivity contribution is 9.10. The third kappa shape index (κ3) is 3.53. The van der Waals surface area contributed by atoms with Gasteiger partial charge in [0, 0.05) is 23.0 Å². The molecule has 162 valence electrons. The van der Waals surface area contributed by atoms with Gasteiger partial charge in [0.15, 0.2) is 0 Å². The number of halogens is 2. The number of aromatic amines is 1. The number of methoxy groups -OCH3 is 1. The number of hydrogen-bond donors (Lipinski definition) is 1. The Balaban J connectivity index is 1.70. The summed E-state index contributed by atoms with van der Waals surface area (Å²) in [5.41, 5.74) is 2.34. The summed E-state index contributed by atoms with van der Waals surface area (Å²) in [6.45, 7) is 8.90. The van der Waals surface area contributed by atoms with E-state index in [1.54, 1.807) is 16.5 Å². The number of piperidine rings is 1. The maximum atomic E-state index is 13.9. The molecule has 2 aromatic heterocycles. The SMILES string of the molecule is COc1nn2c([nH]c3cc(F)cc(Br)c32)c1C1(C)CCN(C(=O)OC(C)(C)C)CC1. The van der Waals surface area contributed by atoms with Crippen LogP contribution >= 0.6 is 15.9 Å². The second-order valence-corrected chi connectivity index (χ2v) is 9.94. The number of amides is 1. The molecule has 0 unspecified atom stereocenters. The van der Waals surface area contributed by atoms with Gasteiger partial charge in [-0.3, -0.25) is 0 Å². The first-order chi connectivity index (χ1) is 14.0. The predicted octanol–water partition coefficient (Wildman–Crippen LogP) is 5.01. The minimum Gasteiger partial charge on any atom is -0.480 e. The van der Waals surface area contributed by atoms with E-state index in [-0.39, 0.29) is 17.3 Å². The molecule has 0 aliphatic carbocycles. The molecular formula is C21H26BrFN4O3. The van der Waals surface area contributed by atoms with Crippen LogP contribution in [0.2, 0.25) is 0 Å². The van der Waals surface area contributed by atoms with Crippen molar-refractivity contribution < 1.29 is 18.7 Å². The number of nitrogens with zero attached hydrogens (tertiary/aromatic N) is 3. The molecule has 9 heteroatoms. The van der Waals surface area contributed by atoms with E-state index in [1.165, 1.54) is 12.1 Å². The summed E-state index contributed by atoms with van der Waals surface area (Å²) in [5, 5.41) is 4.64. The number of nitrogens with one attached hydrogen (secondary N) is 1. The molecule has 4 rings (SSSR count). The fourth-order valence-corrected chi connectivity index (χ4v) is 4.73. The summed E-state index contributed by atoms with van der Waals surface area (Å²) in [6, 6.07) is 2.88. The van der Waals surface area contributed by atoms with E-state index in [4.69, 9.17) is 9.47 Å². The molecule has 1 amide bonds. The van der Waals surface area contributed by atoms with Crippen molar-refractivity contribution in [2.24, 2.45) is 0 Å². The molecule has 0 saturated carbocycles. The maximum Gasteiger partial charge on any atom is 0.410 e. The molecule has 30 heavy (non-hydrogen) atoms. The van der Waals surface area contributed by atoms with E-state index in [0.717, 1.165) is 29.6 Å². The minimum absolute atomic E-state index is 0.266. The van der Waals surface area contributed by atoms with E-state index in [9.17, 15) is 9.18 Å². The molecule has 1 aliphatic heterocycles. The van der Waals surface area contributed by atoms with Crippen LogP contribution in [0.1, 0.15) is 46.1 Å². The van der Waals surface area contributed by atoms with Crippen LogP contribution in [-0.4, -0.2) is 51.4 Å². The van der Waals surface area contributed by atoms with Crippen molar-refractivity contribution in [2.45, 2.75) is 51.6 Å². The maximum absolute atomic E-state index is 13.9. The number of aromatic nitrogens is 3. The number of carbonyl (C=O) groups excluding carboxylic acids is 1. The summed E-state index contributed by atoms with van der Waals surface area (Å²) in [5.74, 6) is 0.205. The first kappa shape index (κ1) is 21.0. The Hall–Kier alpha value is -2.29. The average molecular weight is 481 g/mol. The van der Waals surface area contributed by atoms with Gasteiger partial charge < -0.3 is 19.4 Å². The number of rotatable bonds is 2. The van der Waals surface area contributed by atoms with E-state index < -0.39 is 5.60 Å².